The Balaban J connectivity index is 1.96. The molecular weight excluding hydrogens is 289 g/mol. The van der Waals surface area contributed by atoms with Crippen molar-refractivity contribution in [2.75, 3.05) is 19.7 Å². The summed E-state index contributed by atoms with van der Waals surface area (Å²) in [5, 5.41) is 0. The monoisotopic (exact) mass is 304 g/mol. The van der Waals surface area contributed by atoms with E-state index in [1.807, 2.05) is 0 Å². The topological polar surface area (TPSA) is 51.7 Å². The molecule has 21 heavy (non-hydrogen) atoms. The number of hydrogen-bond acceptors (Lipinski definition) is 4. The molecule has 1 amide bonds. The number of carbonyl (C=O) groups is 1. The number of hydrogen-bond donors (Lipinski definition) is 0. The molecule has 0 radical (unpaired) electrons. The van der Waals surface area contributed by atoms with Crippen LogP contribution in [0.4, 0.5) is 18.0 Å². The predicted molar refractivity (Wildman–Crippen MR) is 66.9 cm³/mol. The quantitative estimate of drug-likeness (QED) is 0.861. The third-order valence-electron chi connectivity index (χ3n) is 3.02. The van der Waals surface area contributed by atoms with Gasteiger partial charge in [-0.15, -0.1) is 0 Å². The first-order valence-corrected chi connectivity index (χ1v) is 6.51. The van der Waals surface area contributed by atoms with Crippen molar-refractivity contribution in [1.82, 2.24) is 9.88 Å². The number of rotatable bonds is 3. The SMILES string of the molecule is CCOC(=O)N1CCC(Oc2cc(C(F)(F)F)ccn2)C1. The molecule has 0 saturated carbocycles. The van der Waals surface area contributed by atoms with Crippen molar-refractivity contribution < 1.29 is 27.4 Å². The van der Waals surface area contributed by atoms with E-state index in [2.05, 4.69) is 4.98 Å². The first-order valence-electron chi connectivity index (χ1n) is 6.51. The summed E-state index contributed by atoms with van der Waals surface area (Å²) in [6.07, 6.45) is -3.69. The van der Waals surface area contributed by atoms with E-state index in [9.17, 15) is 18.0 Å². The summed E-state index contributed by atoms with van der Waals surface area (Å²) in [6.45, 7) is 2.70. The number of halogens is 3. The molecular formula is C13H15F3N2O3. The minimum Gasteiger partial charge on any atom is -0.472 e. The van der Waals surface area contributed by atoms with Crippen LogP contribution < -0.4 is 4.74 Å². The van der Waals surface area contributed by atoms with Gasteiger partial charge in [0.25, 0.3) is 0 Å². The number of amides is 1. The standard InChI is InChI=1S/C13H15F3N2O3/c1-2-20-12(19)18-6-4-10(8-18)21-11-7-9(3-5-17-11)13(14,15)16/h3,5,7,10H,2,4,6,8H2,1H3. The van der Waals surface area contributed by atoms with Crippen molar-refractivity contribution in [1.29, 1.82) is 0 Å². The Morgan fingerprint density at radius 1 is 1.52 bits per heavy atom. The molecule has 0 N–H and O–H groups in total. The van der Waals surface area contributed by atoms with Gasteiger partial charge in [-0.25, -0.2) is 9.78 Å². The fraction of sp³-hybridized carbons (Fsp3) is 0.538. The first kappa shape index (κ1) is 15.4. The van der Waals surface area contributed by atoms with Gasteiger partial charge in [0.1, 0.15) is 6.10 Å². The average molecular weight is 304 g/mol. The van der Waals surface area contributed by atoms with Crippen LogP contribution in [0, 0.1) is 0 Å². The number of nitrogens with zero attached hydrogens (tertiary/aromatic N) is 2. The van der Waals surface area contributed by atoms with Crippen molar-refractivity contribution in [2.24, 2.45) is 0 Å². The Kier molecular flexibility index (Phi) is 4.54. The number of ether oxygens (including phenoxy) is 2. The molecule has 1 aromatic rings. The maximum atomic E-state index is 12.6. The van der Waals surface area contributed by atoms with Crippen molar-refractivity contribution >= 4 is 6.09 Å². The van der Waals surface area contributed by atoms with Gasteiger partial charge in [0, 0.05) is 25.2 Å². The summed E-state index contributed by atoms with van der Waals surface area (Å²) in [7, 11) is 0. The number of carbonyl (C=O) groups excluding carboxylic acids is 1. The fourth-order valence-corrected chi connectivity index (χ4v) is 2.03. The molecule has 116 valence electrons. The Morgan fingerprint density at radius 3 is 2.95 bits per heavy atom. The molecule has 1 aliphatic rings. The lowest BCUT2D eigenvalue weighted by molar-refractivity contribution is -0.137. The van der Waals surface area contributed by atoms with Gasteiger partial charge in [0.2, 0.25) is 5.88 Å². The Labute approximate surface area is 119 Å². The van der Waals surface area contributed by atoms with E-state index in [0.29, 0.717) is 13.0 Å². The fourth-order valence-electron chi connectivity index (χ4n) is 2.03. The van der Waals surface area contributed by atoms with E-state index in [1.54, 1.807) is 6.92 Å². The molecule has 1 aromatic heterocycles. The summed E-state index contributed by atoms with van der Waals surface area (Å²) in [5.41, 5.74) is -0.812. The van der Waals surface area contributed by atoms with Crippen LogP contribution in [0.15, 0.2) is 18.3 Å². The molecule has 1 unspecified atom stereocenters. The van der Waals surface area contributed by atoms with Gasteiger partial charge >= 0.3 is 12.3 Å². The lowest BCUT2D eigenvalue weighted by Gasteiger charge is -2.16. The van der Waals surface area contributed by atoms with Crippen molar-refractivity contribution in [2.45, 2.75) is 25.6 Å². The van der Waals surface area contributed by atoms with Crippen LogP contribution in [0.1, 0.15) is 18.9 Å². The third-order valence-corrected chi connectivity index (χ3v) is 3.02. The van der Waals surface area contributed by atoms with Gasteiger partial charge in [-0.3, -0.25) is 0 Å². The lowest BCUT2D eigenvalue weighted by atomic mass is 10.2. The van der Waals surface area contributed by atoms with Gasteiger partial charge in [0.15, 0.2) is 0 Å². The highest BCUT2D eigenvalue weighted by atomic mass is 19.4. The van der Waals surface area contributed by atoms with Crippen LogP contribution in [0.5, 0.6) is 5.88 Å². The molecule has 0 spiro atoms. The summed E-state index contributed by atoms with van der Waals surface area (Å²) >= 11 is 0. The van der Waals surface area contributed by atoms with Crippen LogP contribution >= 0.6 is 0 Å². The van der Waals surface area contributed by atoms with Crippen molar-refractivity contribution in [3.05, 3.63) is 23.9 Å². The van der Waals surface area contributed by atoms with Crippen LogP contribution in [0.25, 0.3) is 0 Å². The molecule has 1 aliphatic heterocycles. The average Bonchev–Trinajstić information content (AvgIpc) is 2.87. The van der Waals surface area contributed by atoms with E-state index in [-0.39, 0.29) is 25.1 Å². The van der Waals surface area contributed by atoms with Gasteiger partial charge in [0.05, 0.1) is 18.7 Å². The minimum absolute atomic E-state index is 0.0967. The minimum atomic E-state index is -4.44. The summed E-state index contributed by atoms with van der Waals surface area (Å²) in [4.78, 5) is 16.7. The molecule has 5 nitrogen and oxygen atoms in total. The van der Waals surface area contributed by atoms with Gasteiger partial charge < -0.3 is 14.4 Å². The summed E-state index contributed by atoms with van der Waals surface area (Å²) in [6, 6.07) is 1.74. The van der Waals surface area contributed by atoms with Crippen LogP contribution in [-0.2, 0) is 10.9 Å². The Morgan fingerprint density at radius 2 is 2.29 bits per heavy atom. The Hall–Kier alpha value is -1.99. The maximum Gasteiger partial charge on any atom is 0.416 e. The van der Waals surface area contributed by atoms with Gasteiger partial charge in [-0.1, -0.05) is 0 Å². The molecule has 2 rings (SSSR count). The van der Waals surface area contributed by atoms with Crippen LogP contribution in [0.3, 0.4) is 0 Å². The second-order valence-electron chi connectivity index (χ2n) is 4.55. The zero-order chi connectivity index (χ0) is 15.5. The number of likely N-dealkylation sites (tertiary alicyclic amines) is 1. The van der Waals surface area contributed by atoms with Gasteiger partial charge in [-0.2, -0.15) is 13.2 Å². The highest BCUT2D eigenvalue weighted by Crippen LogP contribution is 2.31. The van der Waals surface area contributed by atoms with E-state index in [1.165, 1.54) is 4.90 Å². The highest BCUT2D eigenvalue weighted by molar-refractivity contribution is 5.68. The summed E-state index contributed by atoms with van der Waals surface area (Å²) < 4.78 is 48.0. The van der Waals surface area contributed by atoms with Crippen LogP contribution in [-0.4, -0.2) is 41.8 Å². The Bertz CT molecular complexity index is 508. The molecule has 0 aliphatic carbocycles. The molecule has 0 aromatic carbocycles. The molecule has 1 atom stereocenters. The highest BCUT2D eigenvalue weighted by Gasteiger charge is 2.32. The predicted octanol–water partition coefficient (Wildman–Crippen LogP) is 2.71. The number of aromatic nitrogens is 1. The van der Waals surface area contributed by atoms with Crippen molar-refractivity contribution in [3.8, 4) is 5.88 Å². The lowest BCUT2D eigenvalue weighted by Crippen LogP contribution is -2.31. The van der Waals surface area contributed by atoms with Crippen molar-refractivity contribution in [3.63, 3.8) is 0 Å². The summed E-state index contributed by atoms with van der Waals surface area (Å²) in [5.74, 6) is -0.0967. The molecule has 8 heteroatoms. The zero-order valence-corrected chi connectivity index (χ0v) is 11.4. The third kappa shape index (κ3) is 3.99. The normalized spacial score (nSPS) is 18.7. The van der Waals surface area contributed by atoms with E-state index in [4.69, 9.17) is 9.47 Å². The van der Waals surface area contributed by atoms with E-state index >= 15 is 0 Å². The smallest absolute Gasteiger partial charge is 0.416 e. The largest absolute Gasteiger partial charge is 0.472 e. The number of alkyl halides is 3. The maximum absolute atomic E-state index is 12.6. The van der Waals surface area contributed by atoms with E-state index in [0.717, 1.165) is 18.3 Å². The zero-order valence-electron chi connectivity index (χ0n) is 11.4. The molecule has 1 fully saturated rings. The molecule has 2 heterocycles. The van der Waals surface area contributed by atoms with Crippen LogP contribution in [0.2, 0.25) is 0 Å². The second kappa shape index (κ2) is 6.19. The molecule has 0 bridgehead atoms. The molecule has 1 saturated heterocycles. The first-order chi connectivity index (χ1) is 9.90. The van der Waals surface area contributed by atoms with Gasteiger partial charge in [-0.05, 0) is 13.0 Å². The number of pyridine rings is 1. The second-order valence-corrected chi connectivity index (χ2v) is 4.55. The van der Waals surface area contributed by atoms with E-state index < -0.39 is 17.8 Å².